The van der Waals surface area contributed by atoms with Gasteiger partial charge in [-0.15, -0.1) is 0 Å². The Bertz CT molecular complexity index is 297. The van der Waals surface area contributed by atoms with E-state index in [2.05, 4.69) is 37.9 Å². The van der Waals surface area contributed by atoms with E-state index < -0.39 is 0 Å². The fraction of sp³-hybridized carbons (Fsp3) is 0.929. The van der Waals surface area contributed by atoms with Crippen LogP contribution in [0.15, 0.2) is 0 Å². The Kier molecular flexibility index (Phi) is 3.48. The standard InChI is InChI=1S/C14H26N2O/c1-5-11-13(17)16(9-14(4)6-7-14)12(15-11)8-10(2)3/h10-12,15H,5-9H2,1-4H3. The van der Waals surface area contributed by atoms with Crippen LogP contribution in [0.1, 0.15) is 53.4 Å². The van der Waals surface area contributed by atoms with E-state index in [1.165, 1.54) is 12.8 Å². The number of hydrogen-bond donors (Lipinski definition) is 1. The van der Waals surface area contributed by atoms with Crippen LogP contribution < -0.4 is 5.32 Å². The topological polar surface area (TPSA) is 32.3 Å². The van der Waals surface area contributed by atoms with E-state index in [1.54, 1.807) is 0 Å². The van der Waals surface area contributed by atoms with Crippen molar-refractivity contribution < 1.29 is 4.79 Å². The van der Waals surface area contributed by atoms with Crippen LogP contribution in [0.5, 0.6) is 0 Å². The van der Waals surface area contributed by atoms with Gasteiger partial charge in [-0.3, -0.25) is 10.1 Å². The summed E-state index contributed by atoms with van der Waals surface area (Å²) in [6.07, 6.45) is 4.80. The normalized spacial score (nSPS) is 31.4. The van der Waals surface area contributed by atoms with Gasteiger partial charge in [0.2, 0.25) is 5.91 Å². The zero-order chi connectivity index (χ0) is 12.6. The third kappa shape index (κ3) is 2.82. The number of hydrogen-bond acceptors (Lipinski definition) is 2. The van der Waals surface area contributed by atoms with Crippen molar-refractivity contribution in [1.82, 2.24) is 10.2 Å². The maximum atomic E-state index is 12.3. The van der Waals surface area contributed by atoms with E-state index in [0.717, 1.165) is 19.4 Å². The Balaban J connectivity index is 2.04. The quantitative estimate of drug-likeness (QED) is 0.797. The lowest BCUT2D eigenvalue weighted by molar-refractivity contribution is -0.131. The van der Waals surface area contributed by atoms with Crippen LogP contribution in [-0.2, 0) is 4.79 Å². The highest BCUT2D eigenvalue weighted by molar-refractivity contribution is 5.84. The van der Waals surface area contributed by atoms with Gasteiger partial charge in [0.1, 0.15) is 0 Å². The fourth-order valence-electron chi connectivity index (χ4n) is 2.65. The zero-order valence-electron chi connectivity index (χ0n) is 11.6. The zero-order valence-corrected chi connectivity index (χ0v) is 11.6. The highest BCUT2D eigenvalue weighted by Gasteiger charge is 2.45. The third-order valence-corrected chi connectivity index (χ3v) is 4.11. The van der Waals surface area contributed by atoms with Crippen LogP contribution in [0.4, 0.5) is 0 Å². The summed E-state index contributed by atoms with van der Waals surface area (Å²) in [5.74, 6) is 0.955. The SMILES string of the molecule is CCC1NC(CC(C)C)N(CC2(C)CC2)C1=O. The average Bonchev–Trinajstić information content (AvgIpc) is 2.91. The van der Waals surface area contributed by atoms with Crippen LogP contribution in [0, 0.1) is 11.3 Å². The lowest BCUT2D eigenvalue weighted by Gasteiger charge is -2.28. The van der Waals surface area contributed by atoms with Crippen molar-refractivity contribution in [3.8, 4) is 0 Å². The minimum absolute atomic E-state index is 0.0566. The van der Waals surface area contributed by atoms with Gasteiger partial charge in [0.15, 0.2) is 0 Å². The van der Waals surface area contributed by atoms with Gasteiger partial charge >= 0.3 is 0 Å². The van der Waals surface area contributed by atoms with Crippen LogP contribution in [0.3, 0.4) is 0 Å². The van der Waals surface area contributed by atoms with Crippen molar-refractivity contribution in [2.24, 2.45) is 11.3 Å². The van der Waals surface area contributed by atoms with Crippen LogP contribution in [0.2, 0.25) is 0 Å². The summed E-state index contributed by atoms with van der Waals surface area (Å²) in [7, 11) is 0. The molecule has 1 aliphatic heterocycles. The molecule has 0 aromatic rings. The molecule has 3 nitrogen and oxygen atoms in total. The Morgan fingerprint density at radius 1 is 1.47 bits per heavy atom. The molecule has 1 aliphatic carbocycles. The summed E-state index contributed by atoms with van der Waals surface area (Å²) < 4.78 is 0. The lowest BCUT2D eigenvalue weighted by atomic mass is 10.1. The molecule has 0 aromatic carbocycles. The molecule has 2 unspecified atom stereocenters. The van der Waals surface area contributed by atoms with Crippen molar-refractivity contribution in [2.45, 2.75) is 65.6 Å². The molecule has 1 saturated heterocycles. The molecule has 1 N–H and O–H groups in total. The molecule has 1 heterocycles. The second kappa shape index (κ2) is 4.60. The monoisotopic (exact) mass is 238 g/mol. The number of nitrogens with zero attached hydrogens (tertiary/aromatic N) is 1. The molecule has 1 saturated carbocycles. The number of amides is 1. The molecular weight excluding hydrogens is 212 g/mol. The lowest BCUT2D eigenvalue weighted by Crippen LogP contribution is -2.41. The number of nitrogens with one attached hydrogen (secondary N) is 1. The number of carbonyl (C=O) groups excluding carboxylic acids is 1. The molecule has 0 bridgehead atoms. The van der Waals surface area contributed by atoms with Crippen molar-refractivity contribution in [3.05, 3.63) is 0 Å². The average molecular weight is 238 g/mol. The minimum Gasteiger partial charge on any atom is -0.325 e. The summed E-state index contributed by atoms with van der Waals surface area (Å²) in [5.41, 5.74) is 0.412. The fourth-order valence-corrected chi connectivity index (χ4v) is 2.65. The smallest absolute Gasteiger partial charge is 0.241 e. The molecule has 0 spiro atoms. The molecule has 3 heteroatoms. The first kappa shape index (κ1) is 12.9. The molecular formula is C14H26N2O. The van der Waals surface area contributed by atoms with E-state index >= 15 is 0 Å². The Labute approximate surface area is 105 Å². The van der Waals surface area contributed by atoms with Crippen LogP contribution in [0.25, 0.3) is 0 Å². The van der Waals surface area contributed by atoms with Crippen molar-refractivity contribution >= 4 is 5.91 Å². The second-order valence-corrected chi connectivity index (χ2v) is 6.55. The van der Waals surface area contributed by atoms with Gasteiger partial charge in [-0.05, 0) is 37.0 Å². The van der Waals surface area contributed by atoms with Crippen LogP contribution >= 0.6 is 0 Å². The Morgan fingerprint density at radius 2 is 2.12 bits per heavy atom. The van der Waals surface area contributed by atoms with Crippen molar-refractivity contribution in [1.29, 1.82) is 0 Å². The summed E-state index contributed by atoms with van der Waals surface area (Å²) in [6, 6.07) is 0.0566. The molecule has 2 fully saturated rings. The van der Waals surface area contributed by atoms with Crippen LogP contribution in [-0.4, -0.2) is 29.6 Å². The predicted octanol–water partition coefficient (Wildman–Crippen LogP) is 2.37. The minimum atomic E-state index is 0.0566. The van der Waals surface area contributed by atoms with Gasteiger partial charge in [-0.1, -0.05) is 27.7 Å². The summed E-state index contributed by atoms with van der Waals surface area (Å²) >= 11 is 0. The predicted molar refractivity (Wildman–Crippen MR) is 69.5 cm³/mol. The summed E-state index contributed by atoms with van der Waals surface area (Å²) in [5, 5.41) is 3.50. The largest absolute Gasteiger partial charge is 0.325 e. The van der Waals surface area contributed by atoms with Gasteiger partial charge in [0, 0.05) is 6.54 Å². The first-order valence-corrected chi connectivity index (χ1v) is 7.02. The highest BCUT2D eigenvalue weighted by Crippen LogP contribution is 2.46. The molecule has 98 valence electrons. The molecule has 2 aliphatic rings. The van der Waals surface area contributed by atoms with Gasteiger partial charge in [0.25, 0.3) is 0 Å². The van der Waals surface area contributed by atoms with Gasteiger partial charge in [-0.2, -0.15) is 0 Å². The van der Waals surface area contributed by atoms with E-state index in [1.807, 2.05) is 0 Å². The van der Waals surface area contributed by atoms with E-state index in [4.69, 9.17) is 0 Å². The number of carbonyl (C=O) groups is 1. The molecule has 0 radical (unpaired) electrons. The van der Waals surface area contributed by atoms with Gasteiger partial charge in [0.05, 0.1) is 12.2 Å². The number of rotatable bonds is 5. The maximum absolute atomic E-state index is 12.3. The van der Waals surface area contributed by atoms with Crippen molar-refractivity contribution in [2.75, 3.05) is 6.54 Å². The van der Waals surface area contributed by atoms with Gasteiger partial charge < -0.3 is 4.90 Å². The van der Waals surface area contributed by atoms with Crippen molar-refractivity contribution in [3.63, 3.8) is 0 Å². The molecule has 1 amide bonds. The third-order valence-electron chi connectivity index (χ3n) is 4.11. The Hall–Kier alpha value is -0.570. The van der Waals surface area contributed by atoms with E-state index in [0.29, 0.717) is 17.2 Å². The molecule has 2 atom stereocenters. The molecule has 17 heavy (non-hydrogen) atoms. The summed E-state index contributed by atoms with van der Waals surface area (Å²) in [6.45, 7) is 9.79. The first-order valence-electron chi connectivity index (χ1n) is 7.02. The molecule has 0 aromatic heterocycles. The highest BCUT2D eigenvalue weighted by atomic mass is 16.2. The van der Waals surface area contributed by atoms with E-state index in [9.17, 15) is 4.79 Å². The van der Waals surface area contributed by atoms with E-state index in [-0.39, 0.29) is 12.2 Å². The maximum Gasteiger partial charge on any atom is 0.241 e. The molecule has 2 rings (SSSR count). The summed E-state index contributed by atoms with van der Waals surface area (Å²) in [4.78, 5) is 14.4. The second-order valence-electron chi connectivity index (χ2n) is 6.55. The Morgan fingerprint density at radius 3 is 2.59 bits per heavy atom. The first-order chi connectivity index (χ1) is 7.95. The van der Waals surface area contributed by atoms with Gasteiger partial charge in [-0.25, -0.2) is 0 Å².